The summed E-state index contributed by atoms with van der Waals surface area (Å²) < 4.78 is 38.6. The van der Waals surface area contributed by atoms with Crippen LogP contribution in [0.15, 0.2) is 35.1 Å². The summed E-state index contributed by atoms with van der Waals surface area (Å²) in [6, 6.07) is 4.16. The van der Waals surface area contributed by atoms with Gasteiger partial charge in [0.2, 0.25) is 0 Å². The Morgan fingerprint density at radius 2 is 2.19 bits per heavy atom. The van der Waals surface area contributed by atoms with Crippen LogP contribution in [-0.4, -0.2) is 21.6 Å². The smallest absolute Gasteiger partial charge is 0.334 e. The fraction of sp³-hybridized carbons (Fsp3) is 0.167. The highest BCUT2D eigenvalue weighted by Crippen LogP contribution is 2.24. The topological polar surface area (TPSA) is 46.9 Å². The van der Waals surface area contributed by atoms with Crippen LogP contribution in [0.25, 0.3) is 0 Å². The van der Waals surface area contributed by atoms with Crippen LogP contribution in [-0.2, 0) is 6.54 Å². The number of carbonyl (C=O) groups excluding carboxylic acids is 1. The van der Waals surface area contributed by atoms with Crippen molar-refractivity contribution in [3.8, 4) is 0 Å². The third-order valence-corrected chi connectivity index (χ3v) is 3.20. The second-order valence-corrected chi connectivity index (χ2v) is 5.36. The Hall–Kier alpha value is -1.54. The van der Waals surface area contributed by atoms with E-state index in [2.05, 4.69) is 26.2 Å². The predicted octanol–water partition coefficient (Wildman–Crippen LogP) is 4.11. The summed E-state index contributed by atoms with van der Waals surface area (Å²) in [5, 5.41) is 2.47. The van der Waals surface area contributed by atoms with E-state index in [1.165, 1.54) is 30.6 Å². The highest BCUT2D eigenvalue weighted by molar-refractivity contribution is 9.10. The van der Waals surface area contributed by atoms with E-state index in [1.807, 2.05) is 0 Å². The number of aromatic nitrogens is 2. The molecular weight excluding hydrogens is 375 g/mol. The van der Waals surface area contributed by atoms with E-state index in [0.29, 0.717) is 4.47 Å². The zero-order valence-corrected chi connectivity index (χ0v) is 12.6. The first-order valence-corrected chi connectivity index (χ1v) is 6.77. The lowest BCUT2D eigenvalue weighted by Gasteiger charge is -2.12. The monoisotopic (exact) mass is 381 g/mol. The van der Waals surface area contributed by atoms with Gasteiger partial charge >= 0.3 is 6.18 Å². The molecule has 0 saturated carbocycles. The molecule has 2 aromatic heterocycles. The molecule has 2 aromatic rings. The molecule has 0 aliphatic heterocycles. The number of rotatable bonds is 3. The van der Waals surface area contributed by atoms with Crippen LogP contribution in [0.5, 0.6) is 0 Å². The molecule has 2 heterocycles. The molecule has 0 aliphatic rings. The molecule has 0 spiro atoms. The van der Waals surface area contributed by atoms with Crippen molar-refractivity contribution in [2.45, 2.75) is 12.7 Å². The van der Waals surface area contributed by atoms with Gasteiger partial charge in [-0.05, 0) is 34.1 Å². The maximum Gasteiger partial charge on any atom is 0.406 e. The zero-order valence-electron chi connectivity index (χ0n) is 10.3. The van der Waals surface area contributed by atoms with Gasteiger partial charge < -0.3 is 9.88 Å². The van der Waals surface area contributed by atoms with E-state index in [4.69, 9.17) is 11.6 Å². The minimum Gasteiger partial charge on any atom is -0.334 e. The van der Waals surface area contributed by atoms with E-state index < -0.39 is 18.6 Å². The van der Waals surface area contributed by atoms with Gasteiger partial charge in [-0.2, -0.15) is 13.2 Å². The number of anilines is 1. The molecule has 9 heteroatoms. The van der Waals surface area contributed by atoms with Crippen molar-refractivity contribution >= 4 is 39.1 Å². The summed E-state index contributed by atoms with van der Waals surface area (Å²) in [5.41, 5.74) is 0.0826. The molecule has 0 fully saturated rings. The molecule has 0 aliphatic carbocycles. The third kappa shape index (κ3) is 4.21. The number of nitrogens with one attached hydrogen (secondary N) is 1. The van der Waals surface area contributed by atoms with Crippen LogP contribution in [0, 0.1) is 0 Å². The summed E-state index contributed by atoms with van der Waals surface area (Å²) in [7, 11) is 0. The summed E-state index contributed by atoms with van der Waals surface area (Å²) in [4.78, 5) is 15.9. The van der Waals surface area contributed by atoms with Crippen LogP contribution in [0.3, 0.4) is 0 Å². The molecule has 0 radical (unpaired) electrons. The second-order valence-electron chi connectivity index (χ2n) is 4.08. The van der Waals surface area contributed by atoms with Crippen LogP contribution < -0.4 is 5.32 Å². The molecule has 0 unspecified atom stereocenters. The van der Waals surface area contributed by atoms with Gasteiger partial charge in [-0.25, -0.2) is 4.98 Å². The van der Waals surface area contributed by atoms with Gasteiger partial charge in [0.1, 0.15) is 12.2 Å². The Morgan fingerprint density at radius 1 is 1.48 bits per heavy atom. The molecule has 4 nitrogen and oxygen atoms in total. The zero-order chi connectivity index (χ0) is 15.6. The summed E-state index contributed by atoms with van der Waals surface area (Å²) in [6.45, 7) is -1.24. The molecule has 0 bridgehead atoms. The van der Waals surface area contributed by atoms with E-state index in [0.717, 1.165) is 4.57 Å². The molecule has 21 heavy (non-hydrogen) atoms. The molecule has 0 atom stereocenters. The Bertz CT molecular complexity index is 672. The number of amides is 1. The van der Waals surface area contributed by atoms with Crippen LogP contribution in [0.1, 0.15) is 10.5 Å². The Kier molecular flexibility index (Phi) is 4.58. The van der Waals surface area contributed by atoms with Gasteiger partial charge in [0.15, 0.2) is 5.15 Å². The molecule has 0 saturated heterocycles. The normalized spacial score (nSPS) is 11.5. The summed E-state index contributed by atoms with van der Waals surface area (Å²) in [5.74, 6) is -0.703. The van der Waals surface area contributed by atoms with Crippen molar-refractivity contribution in [2.24, 2.45) is 0 Å². The number of hydrogen-bond acceptors (Lipinski definition) is 2. The molecule has 112 valence electrons. The van der Waals surface area contributed by atoms with E-state index in [1.54, 1.807) is 0 Å². The lowest BCUT2D eigenvalue weighted by Crippen LogP contribution is -2.23. The van der Waals surface area contributed by atoms with Crippen molar-refractivity contribution in [3.63, 3.8) is 0 Å². The second kappa shape index (κ2) is 6.07. The largest absolute Gasteiger partial charge is 0.406 e. The van der Waals surface area contributed by atoms with Crippen LogP contribution in [0.4, 0.5) is 18.9 Å². The fourth-order valence-electron chi connectivity index (χ4n) is 1.65. The molecule has 0 aromatic carbocycles. The van der Waals surface area contributed by atoms with E-state index >= 15 is 0 Å². The Labute approximate surface area is 131 Å². The molecule has 1 N–H and O–H groups in total. The van der Waals surface area contributed by atoms with Gasteiger partial charge in [0.05, 0.1) is 5.69 Å². The number of nitrogens with zero attached hydrogens (tertiary/aromatic N) is 2. The average molecular weight is 383 g/mol. The highest BCUT2D eigenvalue weighted by atomic mass is 79.9. The maximum absolute atomic E-state index is 12.4. The lowest BCUT2D eigenvalue weighted by atomic mass is 10.3. The number of halogens is 5. The minimum atomic E-state index is -4.41. The first-order valence-electron chi connectivity index (χ1n) is 5.60. The van der Waals surface area contributed by atoms with Crippen molar-refractivity contribution in [3.05, 3.63) is 45.9 Å². The Balaban J connectivity index is 2.21. The Morgan fingerprint density at radius 3 is 2.86 bits per heavy atom. The van der Waals surface area contributed by atoms with Crippen molar-refractivity contribution in [1.82, 2.24) is 9.55 Å². The van der Waals surface area contributed by atoms with Gasteiger partial charge in [0, 0.05) is 16.9 Å². The van der Waals surface area contributed by atoms with Gasteiger partial charge in [-0.3, -0.25) is 4.79 Å². The van der Waals surface area contributed by atoms with Crippen LogP contribution in [0.2, 0.25) is 5.15 Å². The number of pyridine rings is 1. The third-order valence-electron chi connectivity index (χ3n) is 2.47. The quantitative estimate of drug-likeness (QED) is 0.812. The van der Waals surface area contributed by atoms with E-state index in [9.17, 15) is 18.0 Å². The van der Waals surface area contributed by atoms with Gasteiger partial charge in [-0.1, -0.05) is 11.6 Å². The maximum atomic E-state index is 12.4. The highest BCUT2D eigenvalue weighted by Gasteiger charge is 2.29. The van der Waals surface area contributed by atoms with Crippen molar-refractivity contribution in [2.75, 3.05) is 5.32 Å². The molecule has 1 amide bonds. The summed E-state index contributed by atoms with van der Waals surface area (Å²) >= 11 is 8.98. The SMILES string of the molecule is O=C(Nc1cc(Br)cnc1Cl)c1cccn1CC(F)(F)F. The minimum absolute atomic E-state index is 0.0421. The first kappa shape index (κ1) is 15.8. The average Bonchev–Trinajstić information content (AvgIpc) is 2.79. The van der Waals surface area contributed by atoms with Gasteiger partial charge in [0.25, 0.3) is 5.91 Å². The number of hydrogen-bond donors (Lipinski definition) is 1. The molecule has 2 rings (SSSR count). The van der Waals surface area contributed by atoms with Crippen molar-refractivity contribution < 1.29 is 18.0 Å². The van der Waals surface area contributed by atoms with Crippen LogP contribution >= 0.6 is 27.5 Å². The van der Waals surface area contributed by atoms with Crippen molar-refractivity contribution in [1.29, 1.82) is 0 Å². The predicted molar refractivity (Wildman–Crippen MR) is 75.4 cm³/mol. The first-order chi connectivity index (χ1) is 9.76. The lowest BCUT2D eigenvalue weighted by molar-refractivity contribution is -0.140. The number of carbonyl (C=O) groups is 1. The van der Waals surface area contributed by atoms with E-state index in [-0.39, 0.29) is 16.5 Å². The number of alkyl halides is 3. The summed E-state index contributed by atoms with van der Waals surface area (Å²) in [6.07, 6.45) is -1.80. The van der Waals surface area contributed by atoms with Gasteiger partial charge in [-0.15, -0.1) is 0 Å². The molecular formula is C12H8BrClF3N3O. The standard InChI is InChI=1S/C12H8BrClF3N3O/c13-7-4-8(10(14)18-5-7)19-11(21)9-2-1-3-20(9)6-12(15,16)17/h1-5H,6H2,(H,19,21). The fourth-order valence-corrected chi connectivity index (χ4v) is 2.13.